The van der Waals surface area contributed by atoms with Gasteiger partial charge in [-0.05, 0) is 39.9 Å². The van der Waals surface area contributed by atoms with E-state index < -0.39 is 16.0 Å². The Balaban J connectivity index is 2.35. The summed E-state index contributed by atoms with van der Waals surface area (Å²) in [5.74, 6) is -1.09. The highest BCUT2D eigenvalue weighted by molar-refractivity contribution is 7.89. The number of aryl methyl sites for hydroxylation is 1. The van der Waals surface area contributed by atoms with Crippen molar-refractivity contribution in [1.29, 1.82) is 0 Å². The van der Waals surface area contributed by atoms with Gasteiger partial charge in [-0.15, -0.1) is 11.3 Å². The Morgan fingerprint density at radius 2 is 2.19 bits per heavy atom. The van der Waals surface area contributed by atoms with Crippen molar-refractivity contribution in [3.8, 4) is 0 Å². The molecular weight excluding hydrogens is 312 g/mol. The number of rotatable bonds is 5. The van der Waals surface area contributed by atoms with Crippen molar-refractivity contribution >= 4 is 27.3 Å². The lowest BCUT2D eigenvalue weighted by Crippen LogP contribution is -2.41. The molecule has 1 aromatic heterocycles. The van der Waals surface area contributed by atoms with Gasteiger partial charge in [-0.1, -0.05) is 0 Å². The minimum Gasteiger partial charge on any atom is -0.477 e. The van der Waals surface area contributed by atoms with E-state index in [-0.39, 0.29) is 15.8 Å². The van der Waals surface area contributed by atoms with Gasteiger partial charge in [-0.3, -0.25) is 0 Å². The van der Waals surface area contributed by atoms with Crippen molar-refractivity contribution < 1.29 is 18.3 Å². The Morgan fingerprint density at radius 3 is 2.71 bits per heavy atom. The Bertz CT molecular complexity index is 637. The first kappa shape index (κ1) is 16.4. The van der Waals surface area contributed by atoms with E-state index >= 15 is 0 Å². The molecule has 118 valence electrons. The van der Waals surface area contributed by atoms with Crippen LogP contribution in [-0.2, 0) is 10.0 Å². The normalized spacial score (nSPS) is 20.3. The summed E-state index contributed by atoms with van der Waals surface area (Å²) in [6.07, 6.45) is 1.68. The van der Waals surface area contributed by atoms with Crippen LogP contribution in [-0.4, -0.2) is 61.9 Å². The molecule has 1 saturated heterocycles. The van der Waals surface area contributed by atoms with E-state index in [9.17, 15) is 13.2 Å². The van der Waals surface area contributed by atoms with Crippen LogP contribution in [0, 0.1) is 6.92 Å². The minimum atomic E-state index is -3.62. The van der Waals surface area contributed by atoms with Gasteiger partial charge >= 0.3 is 5.97 Å². The van der Waals surface area contributed by atoms with E-state index in [4.69, 9.17) is 5.11 Å². The SMILES string of the molecule is Cc1sc(C(=O)O)cc1S(=O)(=O)N1CCCC1CN(C)C. The van der Waals surface area contributed by atoms with E-state index in [1.54, 1.807) is 6.92 Å². The fraction of sp³-hybridized carbons (Fsp3) is 0.615. The first-order valence-electron chi connectivity index (χ1n) is 6.73. The van der Waals surface area contributed by atoms with Gasteiger partial charge in [0.1, 0.15) is 4.88 Å². The van der Waals surface area contributed by atoms with Crippen LogP contribution < -0.4 is 0 Å². The Kier molecular flexibility index (Phi) is 4.72. The third-order valence-corrected chi connectivity index (χ3v) is 6.81. The number of aromatic carboxylic acids is 1. The third-order valence-electron chi connectivity index (χ3n) is 3.57. The summed E-state index contributed by atoms with van der Waals surface area (Å²) < 4.78 is 27.1. The molecule has 1 unspecified atom stereocenters. The van der Waals surface area contributed by atoms with Gasteiger partial charge in [-0.25, -0.2) is 13.2 Å². The molecule has 0 aromatic carbocycles. The summed E-state index contributed by atoms with van der Waals surface area (Å²) in [6, 6.07) is 1.24. The Morgan fingerprint density at radius 1 is 1.52 bits per heavy atom. The summed E-state index contributed by atoms with van der Waals surface area (Å²) in [5.41, 5.74) is 0. The smallest absolute Gasteiger partial charge is 0.345 e. The molecule has 1 aliphatic rings. The zero-order valence-corrected chi connectivity index (χ0v) is 14.0. The van der Waals surface area contributed by atoms with E-state index in [0.717, 1.165) is 24.2 Å². The molecule has 1 fully saturated rings. The Hall–Kier alpha value is -0.960. The van der Waals surface area contributed by atoms with Crippen LogP contribution in [0.15, 0.2) is 11.0 Å². The summed E-state index contributed by atoms with van der Waals surface area (Å²) in [4.78, 5) is 13.7. The fourth-order valence-corrected chi connectivity index (χ4v) is 5.77. The number of hydrogen-bond donors (Lipinski definition) is 1. The molecule has 0 spiro atoms. The standard InChI is InChI=1S/C13H20N2O4S2/c1-9-12(7-11(20-9)13(16)17)21(18,19)15-6-4-5-10(15)8-14(2)3/h7,10H,4-6,8H2,1-3H3,(H,16,17). The molecule has 2 heterocycles. The van der Waals surface area contributed by atoms with Crippen LogP contribution in [0.5, 0.6) is 0 Å². The molecule has 0 radical (unpaired) electrons. The van der Waals surface area contributed by atoms with Crippen LogP contribution in [0.25, 0.3) is 0 Å². The molecule has 1 atom stereocenters. The van der Waals surface area contributed by atoms with E-state index in [1.165, 1.54) is 10.4 Å². The van der Waals surface area contributed by atoms with Crippen molar-refractivity contribution in [3.63, 3.8) is 0 Å². The molecule has 21 heavy (non-hydrogen) atoms. The predicted molar refractivity (Wildman–Crippen MR) is 81.5 cm³/mol. The second kappa shape index (κ2) is 6.04. The molecule has 1 N–H and O–H groups in total. The molecule has 0 amide bonds. The van der Waals surface area contributed by atoms with Gasteiger partial charge < -0.3 is 10.0 Å². The lowest BCUT2D eigenvalue weighted by Gasteiger charge is -2.26. The van der Waals surface area contributed by atoms with Crippen LogP contribution in [0.2, 0.25) is 0 Å². The van der Waals surface area contributed by atoms with E-state index in [2.05, 4.69) is 0 Å². The summed E-state index contributed by atoms with van der Waals surface area (Å²) in [5, 5.41) is 9.02. The first-order valence-corrected chi connectivity index (χ1v) is 8.99. The van der Waals surface area contributed by atoms with Crippen molar-refractivity contribution in [2.45, 2.75) is 30.7 Å². The number of carboxylic acid groups (broad SMARTS) is 1. The van der Waals surface area contributed by atoms with Crippen molar-refractivity contribution in [1.82, 2.24) is 9.21 Å². The quantitative estimate of drug-likeness (QED) is 0.883. The average molecular weight is 332 g/mol. The number of likely N-dealkylation sites (N-methyl/N-ethyl adjacent to an activating group) is 1. The molecule has 0 bridgehead atoms. The van der Waals surface area contributed by atoms with Crippen LogP contribution >= 0.6 is 11.3 Å². The molecule has 8 heteroatoms. The second-order valence-corrected chi connectivity index (χ2v) is 8.63. The summed E-state index contributed by atoms with van der Waals surface area (Å²) in [6.45, 7) is 2.83. The van der Waals surface area contributed by atoms with Crippen molar-refractivity contribution in [2.75, 3.05) is 27.2 Å². The number of nitrogens with zero attached hydrogens (tertiary/aromatic N) is 2. The number of hydrogen-bond acceptors (Lipinski definition) is 5. The van der Waals surface area contributed by atoms with E-state index in [1.807, 2.05) is 19.0 Å². The van der Waals surface area contributed by atoms with Crippen molar-refractivity contribution in [3.05, 3.63) is 15.8 Å². The van der Waals surface area contributed by atoms with Crippen LogP contribution in [0.1, 0.15) is 27.4 Å². The maximum atomic E-state index is 12.8. The van der Waals surface area contributed by atoms with Gasteiger partial charge in [-0.2, -0.15) is 4.31 Å². The zero-order valence-electron chi connectivity index (χ0n) is 12.4. The van der Waals surface area contributed by atoms with Gasteiger partial charge in [0.2, 0.25) is 10.0 Å². The lowest BCUT2D eigenvalue weighted by atomic mass is 10.2. The highest BCUT2D eigenvalue weighted by Crippen LogP contribution is 2.32. The summed E-state index contributed by atoms with van der Waals surface area (Å²) >= 11 is 1.01. The predicted octanol–water partition coefficient (Wildman–Crippen LogP) is 1.47. The first-order chi connectivity index (χ1) is 9.73. The molecule has 1 aromatic rings. The van der Waals surface area contributed by atoms with Crippen LogP contribution in [0.4, 0.5) is 0 Å². The highest BCUT2D eigenvalue weighted by Gasteiger charge is 2.37. The molecule has 0 saturated carbocycles. The molecule has 2 rings (SSSR count). The zero-order chi connectivity index (χ0) is 15.8. The highest BCUT2D eigenvalue weighted by atomic mass is 32.2. The molecule has 1 aliphatic heterocycles. The van der Waals surface area contributed by atoms with Gasteiger partial charge in [0, 0.05) is 24.0 Å². The number of thiophene rings is 1. The number of carboxylic acids is 1. The molecule has 0 aliphatic carbocycles. The second-order valence-electron chi connectivity index (χ2n) is 5.51. The maximum Gasteiger partial charge on any atom is 0.345 e. The lowest BCUT2D eigenvalue weighted by molar-refractivity contribution is 0.0702. The van der Waals surface area contributed by atoms with Gasteiger partial charge in [0.05, 0.1) is 4.90 Å². The molecular formula is C13H20N2O4S2. The van der Waals surface area contributed by atoms with E-state index in [0.29, 0.717) is 18.0 Å². The average Bonchev–Trinajstić information content (AvgIpc) is 2.95. The summed E-state index contributed by atoms with van der Waals surface area (Å²) in [7, 11) is 0.213. The Labute approximate surface area is 129 Å². The topological polar surface area (TPSA) is 77.9 Å². The monoisotopic (exact) mass is 332 g/mol. The largest absolute Gasteiger partial charge is 0.477 e. The van der Waals surface area contributed by atoms with Crippen LogP contribution in [0.3, 0.4) is 0 Å². The number of carbonyl (C=O) groups is 1. The number of sulfonamides is 1. The molecule has 6 nitrogen and oxygen atoms in total. The third kappa shape index (κ3) is 3.28. The van der Waals surface area contributed by atoms with Gasteiger partial charge in [0.25, 0.3) is 0 Å². The maximum absolute atomic E-state index is 12.8. The minimum absolute atomic E-state index is 0.0439. The van der Waals surface area contributed by atoms with Gasteiger partial charge in [0.15, 0.2) is 0 Å². The fourth-order valence-electron chi connectivity index (χ4n) is 2.68. The van der Waals surface area contributed by atoms with Crippen molar-refractivity contribution in [2.24, 2.45) is 0 Å².